The van der Waals surface area contributed by atoms with Gasteiger partial charge in [0.2, 0.25) is 0 Å². The summed E-state index contributed by atoms with van der Waals surface area (Å²) in [6.07, 6.45) is 8.95. The number of hydrogen-bond donors (Lipinski definition) is 1. The Morgan fingerprint density at radius 2 is 2.12 bits per heavy atom. The number of H-pyrrole nitrogens is 1. The second-order valence-corrected chi connectivity index (χ2v) is 9.04. The van der Waals surface area contributed by atoms with Gasteiger partial charge < -0.3 is 14.8 Å². The fourth-order valence-electron chi connectivity index (χ4n) is 4.73. The number of carbonyl (C=O) groups excluding carboxylic acids is 1. The van der Waals surface area contributed by atoms with Gasteiger partial charge in [-0.25, -0.2) is 14.0 Å². The van der Waals surface area contributed by atoms with E-state index in [4.69, 9.17) is 5.10 Å². The molecule has 172 valence electrons. The molecule has 1 aliphatic rings. The third kappa shape index (κ3) is 3.45. The number of likely N-dealkylation sites (N-methyl/N-ethyl adjacent to an activating group) is 1. The highest BCUT2D eigenvalue weighted by Crippen LogP contribution is 2.34. The van der Waals surface area contributed by atoms with Crippen LogP contribution in [0.2, 0.25) is 0 Å². The topological polar surface area (TPSA) is 86.8 Å². The molecule has 34 heavy (non-hydrogen) atoms. The zero-order valence-corrected chi connectivity index (χ0v) is 19.2. The molecular weight excluding hydrogens is 428 g/mol. The third-order valence-corrected chi connectivity index (χ3v) is 6.51. The minimum Gasteiger partial charge on any atom is -0.348 e. The monoisotopic (exact) mass is 454 g/mol. The number of nitrogens with zero attached hydrogens (tertiary/aromatic N) is 7. The fraction of sp³-hybridized carbons (Fsp3) is 0.280. The number of rotatable bonds is 5. The molecule has 1 unspecified atom stereocenters. The normalized spacial score (nSPS) is 16.0. The van der Waals surface area contributed by atoms with Crippen molar-refractivity contribution in [1.29, 1.82) is 0 Å². The Labute approximate surface area is 196 Å². The van der Waals surface area contributed by atoms with Crippen LogP contribution < -0.4 is 0 Å². The molecule has 1 N–H and O–H groups in total. The van der Waals surface area contributed by atoms with Crippen molar-refractivity contribution in [3.05, 3.63) is 89.5 Å². The van der Waals surface area contributed by atoms with E-state index in [-0.39, 0.29) is 11.9 Å². The van der Waals surface area contributed by atoms with Crippen molar-refractivity contribution >= 4 is 16.9 Å². The summed E-state index contributed by atoms with van der Waals surface area (Å²) >= 11 is 0. The second kappa shape index (κ2) is 8.11. The van der Waals surface area contributed by atoms with Crippen LogP contribution in [-0.4, -0.2) is 72.1 Å². The zero-order valence-electron chi connectivity index (χ0n) is 19.2. The van der Waals surface area contributed by atoms with Gasteiger partial charge in [0, 0.05) is 37.6 Å². The van der Waals surface area contributed by atoms with Crippen LogP contribution in [0.4, 0.5) is 0 Å². The first-order valence-corrected chi connectivity index (χ1v) is 11.5. The number of nitrogens with one attached hydrogen (secondary N) is 1. The molecule has 1 aliphatic heterocycles. The predicted octanol–water partition coefficient (Wildman–Crippen LogP) is 2.60. The van der Waals surface area contributed by atoms with Crippen LogP contribution in [0.15, 0.2) is 61.3 Å². The van der Waals surface area contributed by atoms with Crippen molar-refractivity contribution in [1.82, 2.24) is 39.0 Å². The summed E-state index contributed by atoms with van der Waals surface area (Å²) in [4.78, 5) is 25.8. The summed E-state index contributed by atoms with van der Waals surface area (Å²) in [5.41, 5.74) is 6.27. The lowest BCUT2D eigenvalue weighted by atomic mass is 9.98. The number of hydrogen-bond acceptors (Lipinski definition) is 5. The Bertz CT molecular complexity index is 1460. The molecule has 0 saturated heterocycles. The van der Waals surface area contributed by atoms with Gasteiger partial charge in [-0.3, -0.25) is 4.79 Å². The van der Waals surface area contributed by atoms with Crippen LogP contribution in [0.1, 0.15) is 39.0 Å². The largest absolute Gasteiger partial charge is 0.348 e. The van der Waals surface area contributed by atoms with E-state index in [0.717, 1.165) is 47.5 Å². The van der Waals surface area contributed by atoms with Crippen molar-refractivity contribution in [3.8, 4) is 0 Å². The Hall–Kier alpha value is -3.98. The molecule has 5 aromatic heterocycles. The summed E-state index contributed by atoms with van der Waals surface area (Å²) in [5, 5.41) is 9.28. The first-order valence-electron chi connectivity index (χ1n) is 11.5. The molecule has 5 aromatic rings. The molecule has 0 radical (unpaired) electrons. The Balaban J connectivity index is 1.38. The molecule has 0 bridgehead atoms. The highest BCUT2D eigenvalue weighted by atomic mass is 16.2. The lowest BCUT2D eigenvalue weighted by molar-refractivity contribution is 0.0689. The van der Waals surface area contributed by atoms with E-state index in [0.29, 0.717) is 12.1 Å². The van der Waals surface area contributed by atoms with Crippen LogP contribution in [0.25, 0.3) is 11.0 Å². The van der Waals surface area contributed by atoms with Crippen LogP contribution in [-0.2, 0) is 12.8 Å². The minimum absolute atomic E-state index is 0.0632. The lowest BCUT2D eigenvalue weighted by Crippen LogP contribution is -2.41. The van der Waals surface area contributed by atoms with Gasteiger partial charge in [-0.1, -0.05) is 12.1 Å². The SMILES string of the molecule is CN(C)CCc1ccc2c(C(=O)N3CCc4[nH]cnc4C3c3cc4ccccn4n3)cnn2c1. The van der Waals surface area contributed by atoms with Gasteiger partial charge in [-0.05, 0) is 50.3 Å². The van der Waals surface area contributed by atoms with Gasteiger partial charge in [0.15, 0.2) is 0 Å². The maximum atomic E-state index is 13.9. The molecular formula is C25H26N8O. The van der Waals surface area contributed by atoms with Crippen molar-refractivity contribution < 1.29 is 4.79 Å². The first-order chi connectivity index (χ1) is 16.6. The van der Waals surface area contributed by atoms with E-state index in [1.807, 2.05) is 56.7 Å². The van der Waals surface area contributed by atoms with E-state index >= 15 is 0 Å². The maximum Gasteiger partial charge on any atom is 0.258 e. The van der Waals surface area contributed by atoms with Gasteiger partial charge in [-0.15, -0.1) is 0 Å². The number of amides is 1. The molecule has 0 aromatic carbocycles. The number of fused-ring (bicyclic) bond motifs is 3. The van der Waals surface area contributed by atoms with E-state index < -0.39 is 0 Å². The fourth-order valence-corrected chi connectivity index (χ4v) is 4.73. The quantitative estimate of drug-likeness (QED) is 0.441. The van der Waals surface area contributed by atoms with Gasteiger partial charge in [0.1, 0.15) is 6.04 Å². The van der Waals surface area contributed by atoms with Crippen LogP contribution in [0.5, 0.6) is 0 Å². The average Bonchev–Trinajstić information content (AvgIpc) is 3.58. The third-order valence-electron chi connectivity index (χ3n) is 6.51. The predicted molar refractivity (Wildman–Crippen MR) is 128 cm³/mol. The molecule has 1 amide bonds. The molecule has 9 heteroatoms. The minimum atomic E-state index is -0.364. The highest BCUT2D eigenvalue weighted by Gasteiger charge is 2.37. The second-order valence-electron chi connectivity index (χ2n) is 9.04. The maximum absolute atomic E-state index is 13.9. The number of pyridine rings is 2. The summed E-state index contributed by atoms with van der Waals surface area (Å²) in [6.45, 7) is 1.53. The van der Waals surface area contributed by atoms with Crippen LogP contribution >= 0.6 is 0 Å². The van der Waals surface area contributed by atoms with Gasteiger partial charge >= 0.3 is 0 Å². The first kappa shape index (κ1) is 20.6. The smallest absolute Gasteiger partial charge is 0.258 e. The Morgan fingerprint density at radius 1 is 1.21 bits per heavy atom. The molecule has 1 atom stereocenters. The zero-order chi connectivity index (χ0) is 23.2. The Morgan fingerprint density at radius 3 is 2.97 bits per heavy atom. The molecule has 0 aliphatic carbocycles. The van der Waals surface area contributed by atoms with Crippen LogP contribution in [0.3, 0.4) is 0 Å². The van der Waals surface area contributed by atoms with Crippen LogP contribution in [0, 0.1) is 0 Å². The van der Waals surface area contributed by atoms with Crippen molar-refractivity contribution in [2.45, 2.75) is 18.9 Å². The van der Waals surface area contributed by atoms with E-state index in [1.54, 1.807) is 12.5 Å². The summed E-state index contributed by atoms with van der Waals surface area (Å²) in [5.74, 6) is -0.0632. The number of carbonyl (C=O) groups is 1. The van der Waals surface area contributed by atoms with Crippen molar-refractivity contribution in [2.75, 3.05) is 27.2 Å². The lowest BCUT2D eigenvalue weighted by Gasteiger charge is -2.33. The van der Waals surface area contributed by atoms with Gasteiger partial charge in [0.25, 0.3) is 5.91 Å². The van der Waals surface area contributed by atoms with Gasteiger partial charge in [-0.2, -0.15) is 10.2 Å². The molecule has 0 fully saturated rings. The van der Waals surface area contributed by atoms with Gasteiger partial charge in [0.05, 0.1) is 40.5 Å². The van der Waals surface area contributed by atoms with Crippen molar-refractivity contribution in [2.24, 2.45) is 0 Å². The standard InChI is InChI=1S/C25H26N8O/c1-30(2)11-8-17-6-7-22-19(14-28-33(22)15-17)25(34)31-12-9-20-23(27-16-26-20)24(31)21-13-18-5-3-4-10-32(18)29-21/h3-7,10,13-16,24H,8-9,11-12H2,1-2H3,(H,26,27). The number of aromatic amines is 1. The molecule has 6 heterocycles. The van der Waals surface area contributed by atoms with Crippen molar-refractivity contribution in [3.63, 3.8) is 0 Å². The molecule has 0 saturated carbocycles. The summed E-state index contributed by atoms with van der Waals surface area (Å²) in [6, 6.07) is 11.7. The molecule has 0 spiro atoms. The number of imidazole rings is 1. The summed E-state index contributed by atoms with van der Waals surface area (Å²) in [7, 11) is 4.12. The number of aromatic nitrogens is 6. The molecule has 9 nitrogen and oxygen atoms in total. The molecule has 6 rings (SSSR count). The Kier molecular flexibility index (Phi) is 4.91. The average molecular weight is 455 g/mol. The van der Waals surface area contributed by atoms with E-state index in [9.17, 15) is 4.79 Å². The van der Waals surface area contributed by atoms with E-state index in [1.165, 1.54) is 5.56 Å². The van der Waals surface area contributed by atoms with E-state index in [2.05, 4.69) is 40.1 Å². The summed E-state index contributed by atoms with van der Waals surface area (Å²) < 4.78 is 3.64. The highest BCUT2D eigenvalue weighted by molar-refractivity contribution is 6.01.